The third kappa shape index (κ3) is 253. The summed E-state index contributed by atoms with van der Waals surface area (Å²) >= 11 is 0. The van der Waals surface area contributed by atoms with Crippen LogP contribution in [0, 0.1) is 54.1 Å². The van der Waals surface area contributed by atoms with Crippen molar-refractivity contribution in [3.05, 3.63) is 182 Å². The fourth-order valence-electron chi connectivity index (χ4n) is 5.81. The van der Waals surface area contributed by atoms with E-state index < -0.39 is 0 Å². The first-order valence-electron chi connectivity index (χ1n) is 40.3. The highest BCUT2D eigenvalue weighted by atomic mass is 16.7. The van der Waals surface area contributed by atoms with Crippen LogP contribution >= 0.6 is 0 Å². The molecule has 0 aliphatic rings. The Balaban J connectivity index is -0.000000108. The molecule has 110 heavy (non-hydrogen) atoms. The molecule has 5 aromatic carbocycles. The molecule has 0 aromatic heterocycles. The molecular weight excluding hydrogens is 1360 g/mol. The standard InChI is InChI=1S/2C12H26O2.C11H24O.C10H22O.5C6H6.4C5H12.3C2H6O/c1-11(2,3)9-13-7-8-14-10-12(4,5)6;1-11(2,3)7-8-13-10-14-9-12(4,5)6;1-9(8-10(2,3)4)12-11(5,6)7;1-9(2,3)7-8-11-10(4,5)6;5*1-2-4-6-5-3-1;4*1-5(2,3)4;3*1-3-2/h2*7-10H2,1-6H3;9H,8H2,1-7H3;7-8H2,1-6H3;5*1-6H;4*1-4H3;3*1-2H3. The van der Waals surface area contributed by atoms with Gasteiger partial charge < -0.3 is 42.6 Å². The summed E-state index contributed by atoms with van der Waals surface area (Å²) < 4.78 is 45.9. The quantitative estimate of drug-likeness (QED) is 0.0797. The van der Waals surface area contributed by atoms with Gasteiger partial charge in [-0.15, -0.1) is 0 Å². The maximum Gasteiger partial charge on any atom is 0.146 e. The second-order valence-corrected chi connectivity index (χ2v) is 42.5. The van der Waals surface area contributed by atoms with Gasteiger partial charge in [0.2, 0.25) is 0 Å². The highest BCUT2D eigenvalue weighted by Crippen LogP contribution is 2.25. The Morgan fingerprint density at radius 2 is 0.382 bits per heavy atom. The molecule has 0 N–H and O–H groups in total. The Kier molecular flexibility index (Phi) is 90.8. The van der Waals surface area contributed by atoms with E-state index in [1.165, 1.54) is 0 Å². The van der Waals surface area contributed by atoms with Gasteiger partial charge in [-0.2, -0.15) is 0 Å². The van der Waals surface area contributed by atoms with Gasteiger partial charge in [-0.05, 0) is 122 Å². The first-order chi connectivity index (χ1) is 49.5. The van der Waals surface area contributed by atoms with Crippen LogP contribution in [-0.2, 0) is 42.6 Å². The van der Waals surface area contributed by atoms with Gasteiger partial charge in [0.15, 0.2) is 0 Å². The number of benzene rings is 5. The van der Waals surface area contributed by atoms with E-state index in [1.807, 2.05) is 182 Å². The minimum Gasteiger partial charge on any atom is -0.388 e. The second-order valence-electron chi connectivity index (χ2n) is 42.5. The number of rotatable bonds is 14. The van der Waals surface area contributed by atoms with Crippen molar-refractivity contribution >= 4 is 0 Å². The summed E-state index contributed by atoms with van der Waals surface area (Å²) in [6.45, 7) is 95.1. The van der Waals surface area contributed by atoms with Gasteiger partial charge in [0.1, 0.15) is 6.79 Å². The molecule has 1 unspecified atom stereocenters. The normalized spacial score (nSPS) is 11.4. The molecule has 0 heterocycles. The lowest BCUT2D eigenvalue weighted by atomic mass is 9.89. The van der Waals surface area contributed by atoms with Crippen LogP contribution in [0.15, 0.2) is 182 Å². The number of hydrogen-bond donors (Lipinski definition) is 0. The summed E-state index contributed by atoms with van der Waals surface area (Å²) in [5.74, 6) is 0. The van der Waals surface area contributed by atoms with Gasteiger partial charge in [0.25, 0.3) is 0 Å². The van der Waals surface area contributed by atoms with Gasteiger partial charge >= 0.3 is 0 Å². The van der Waals surface area contributed by atoms with Gasteiger partial charge in [0.05, 0.1) is 50.3 Å². The van der Waals surface area contributed by atoms with Gasteiger partial charge in [0, 0.05) is 55.9 Å². The van der Waals surface area contributed by atoms with Gasteiger partial charge in [-0.3, -0.25) is 0 Å². The predicted octanol–water partition coefficient (Wildman–Crippen LogP) is 30.9. The molecule has 0 fully saturated rings. The molecule has 0 aliphatic carbocycles. The van der Waals surface area contributed by atoms with Crippen LogP contribution in [-0.4, -0.2) is 113 Å². The Bertz CT molecular complexity index is 1890. The number of methoxy groups -OCH3 is 3. The Hall–Kier alpha value is -4.26. The zero-order valence-electron chi connectivity index (χ0n) is 82.4. The molecule has 0 bridgehead atoms. The van der Waals surface area contributed by atoms with Crippen molar-refractivity contribution in [1.29, 1.82) is 0 Å². The molecule has 652 valence electrons. The third-order valence-electron chi connectivity index (χ3n) is 9.32. The van der Waals surface area contributed by atoms with Crippen molar-refractivity contribution in [3.8, 4) is 0 Å². The molecule has 0 spiro atoms. The number of hydrogen-bond acceptors (Lipinski definition) is 9. The molecule has 0 amide bonds. The maximum absolute atomic E-state index is 5.81. The molecular formula is C101H194O9. The SMILES string of the molecule is CC(C)(C)C.CC(C)(C)C.CC(C)(C)C.CC(C)(C)C.CC(C)(C)CCOC(C)(C)C.CC(C)(C)CCOCOCC(C)(C)C.CC(C)(C)COCCOCC(C)(C)C.CC(CC(C)(C)C)OC(C)(C)C.COC.COC.COC.c1ccccc1.c1ccccc1.c1ccccc1.c1ccccc1.c1ccccc1. The third-order valence-corrected chi connectivity index (χ3v) is 9.32. The van der Waals surface area contributed by atoms with E-state index >= 15 is 0 Å². The fourth-order valence-corrected chi connectivity index (χ4v) is 5.81. The van der Waals surface area contributed by atoms with Crippen molar-refractivity contribution < 1.29 is 42.6 Å². The second kappa shape index (κ2) is 77.3. The predicted molar refractivity (Wildman–Crippen MR) is 497 cm³/mol. The van der Waals surface area contributed by atoms with Crippen molar-refractivity contribution in [2.75, 3.05) is 95.7 Å². The highest BCUT2D eigenvalue weighted by Gasteiger charge is 2.21. The lowest BCUT2D eigenvalue weighted by Gasteiger charge is -2.29. The summed E-state index contributed by atoms with van der Waals surface area (Å²) in [6, 6.07) is 60.0. The molecule has 0 saturated heterocycles. The monoisotopic (exact) mass is 1550 g/mol. The summed E-state index contributed by atoms with van der Waals surface area (Å²) in [6.07, 6.45) is 3.67. The Morgan fingerprint density at radius 1 is 0.209 bits per heavy atom. The smallest absolute Gasteiger partial charge is 0.146 e. The zero-order valence-corrected chi connectivity index (χ0v) is 82.4. The lowest BCUT2D eigenvalue weighted by Crippen LogP contribution is -2.28. The molecule has 0 aliphatic heterocycles. The van der Waals surface area contributed by atoms with E-state index in [2.05, 4.69) is 298 Å². The molecule has 9 nitrogen and oxygen atoms in total. The van der Waals surface area contributed by atoms with Crippen molar-refractivity contribution in [2.45, 2.75) is 320 Å². The zero-order chi connectivity index (χ0) is 88.9. The minimum atomic E-state index is -0.00926. The van der Waals surface area contributed by atoms with Crippen molar-refractivity contribution in [3.63, 3.8) is 0 Å². The van der Waals surface area contributed by atoms with E-state index in [0.29, 0.717) is 64.0 Å². The summed E-state index contributed by atoms with van der Waals surface area (Å²) in [5, 5.41) is 0. The number of ether oxygens (including phenoxy) is 9. The van der Waals surface area contributed by atoms with E-state index in [1.54, 1.807) is 42.7 Å². The van der Waals surface area contributed by atoms with Crippen molar-refractivity contribution in [1.82, 2.24) is 0 Å². The minimum absolute atomic E-state index is 0.00926. The fraction of sp³-hybridized carbons (Fsp3) is 0.703. The van der Waals surface area contributed by atoms with E-state index in [4.69, 9.17) is 28.4 Å². The van der Waals surface area contributed by atoms with Crippen LogP contribution in [0.2, 0.25) is 0 Å². The molecule has 1 atom stereocenters. The van der Waals surface area contributed by atoms with Crippen LogP contribution in [0.3, 0.4) is 0 Å². The van der Waals surface area contributed by atoms with E-state index in [0.717, 1.165) is 52.3 Å². The van der Waals surface area contributed by atoms with Gasteiger partial charge in [-0.25, -0.2) is 0 Å². The molecule has 0 saturated carbocycles. The van der Waals surface area contributed by atoms with E-state index in [-0.39, 0.29) is 27.4 Å². The van der Waals surface area contributed by atoms with Crippen LogP contribution in [0.1, 0.15) is 303 Å². The molecule has 0 radical (unpaired) electrons. The average Bonchev–Trinajstić information content (AvgIpc) is 0.918. The maximum atomic E-state index is 5.81. The van der Waals surface area contributed by atoms with Crippen LogP contribution in [0.25, 0.3) is 0 Å². The van der Waals surface area contributed by atoms with E-state index in [9.17, 15) is 0 Å². The van der Waals surface area contributed by atoms with Crippen molar-refractivity contribution in [2.24, 2.45) is 54.1 Å². The molecule has 5 rings (SSSR count). The first kappa shape index (κ1) is 129. The summed E-state index contributed by atoms with van der Waals surface area (Å²) in [4.78, 5) is 0. The van der Waals surface area contributed by atoms with Crippen LogP contribution in [0.5, 0.6) is 0 Å². The average molecular weight is 1550 g/mol. The molecule has 5 aromatic rings. The van der Waals surface area contributed by atoms with Crippen LogP contribution < -0.4 is 0 Å². The first-order valence-corrected chi connectivity index (χ1v) is 40.3. The van der Waals surface area contributed by atoms with Crippen LogP contribution in [0.4, 0.5) is 0 Å². The van der Waals surface area contributed by atoms with Gasteiger partial charge in [-0.1, -0.05) is 417 Å². The largest absolute Gasteiger partial charge is 0.388 e. The molecule has 9 heteroatoms. The summed E-state index contributed by atoms with van der Waals surface area (Å²) in [5.41, 5.74) is 3.86. The Labute approximate surface area is 691 Å². The highest BCUT2D eigenvalue weighted by molar-refractivity contribution is 5.02. The Morgan fingerprint density at radius 3 is 0.527 bits per heavy atom. The summed E-state index contributed by atoms with van der Waals surface area (Å²) in [7, 11) is 9.75. The topological polar surface area (TPSA) is 83.1 Å². The lowest BCUT2D eigenvalue weighted by molar-refractivity contribution is -0.0784.